The van der Waals surface area contributed by atoms with Crippen LogP contribution in [0.2, 0.25) is 0 Å². The molecule has 5 nitrogen and oxygen atoms in total. The normalized spacial score (nSPS) is 10.8. The lowest BCUT2D eigenvalue weighted by Crippen LogP contribution is -2.21. The molecule has 122 valence electrons. The lowest BCUT2D eigenvalue weighted by Gasteiger charge is -2.16. The SMILES string of the molecule is NCC(=O)Nc1nnc(CC(c2ccccc2)c2ccccc2)s1. The van der Waals surface area contributed by atoms with Gasteiger partial charge in [-0.15, -0.1) is 10.2 Å². The summed E-state index contributed by atoms with van der Waals surface area (Å²) >= 11 is 1.38. The van der Waals surface area contributed by atoms with Gasteiger partial charge in [0.25, 0.3) is 0 Å². The number of amides is 1. The molecule has 1 amide bonds. The molecule has 6 heteroatoms. The average Bonchev–Trinajstić information content (AvgIpc) is 3.08. The smallest absolute Gasteiger partial charge is 0.239 e. The standard InChI is InChI=1S/C18H18N4OS/c19-12-16(23)20-18-22-21-17(24-18)11-15(13-7-3-1-4-8-13)14-9-5-2-6-10-14/h1-10,15H,11-12,19H2,(H,20,22,23). The Bertz CT molecular complexity index is 750. The van der Waals surface area contributed by atoms with Crippen molar-refractivity contribution in [1.29, 1.82) is 0 Å². The summed E-state index contributed by atoms with van der Waals surface area (Å²) in [6.45, 7) is -0.0639. The number of hydrogen-bond donors (Lipinski definition) is 2. The highest BCUT2D eigenvalue weighted by Crippen LogP contribution is 2.30. The molecule has 1 aromatic heterocycles. The molecule has 0 aliphatic heterocycles. The topological polar surface area (TPSA) is 80.9 Å². The number of nitrogens with zero attached hydrogens (tertiary/aromatic N) is 2. The summed E-state index contributed by atoms with van der Waals surface area (Å²) in [6, 6.07) is 20.7. The number of carbonyl (C=O) groups excluding carboxylic acids is 1. The summed E-state index contributed by atoms with van der Waals surface area (Å²) in [7, 11) is 0. The van der Waals surface area contributed by atoms with E-state index in [2.05, 4.69) is 39.8 Å². The molecule has 0 fully saturated rings. The van der Waals surface area contributed by atoms with Crippen molar-refractivity contribution in [2.45, 2.75) is 12.3 Å². The van der Waals surface area contributed by atoms with Crippen LogP contribution in [0.5, 0.6) is 0 Å². The van der Waals surface area contributed by atoms with E-state index < -0.39 is 0 Å². The fourth-order valence-corrected chi connectivity index (χ4v) is 3.33. The second-order valence-corrected chi connectivity index (χ2v) is 6.39. The van der Waals surface area contributed by atoms with Crippen molar-refractivity contribution in [3.63, 3.8) is 0 Å². The van der Waals surface area contributed by atoms with Gasteiger partial charge in [0.15, 0.2) is 0 Å². The van der Waals surface area contributed by atoms with Gasteiger partial charge in [-0.2, -0.15) is 0 Å². The molecule has 3 aromatic rings. The lowest BCUT2D eigenvalue weighted by atomic mass is 9.89. The third kappa shape index (κ3) is 4.04. The number of benzene rings is 2. The summed E-state index contributed by atoms with van der Waals surface area (Å²) in [6.07, 6.45) is 0.726. The zero-order valence-corrected chi connectivity index (χ0v) is 13.9. The van der Waals surface area contributed by atoms with Gasteiger partial charge >= 0.3 is 0 Å². The van der Waals surface area contributed by atoms with Gasteiger partial charge in [0, 0.05) is 12.3 Å². The Balaban J connectivity index is 1.84. The molecule has 0 spiro atoms. The Morgan fingerprint density at radius 1 is 1.00 bits per heavy atom. The molecule has 2 aromatic carbocycles. The summed E-state index contributed by atoms with van der Waals surface area (Å²) in [5.41, 5.74) is 7.76. The molecule has 0 unspecified atom stereocenters. The first-order valence-corrected chi connectivity index (χ1v) is 8.50. The maximum atomic E-state index is 11.4. The van der Waals surface area contributed by atoms with Crippen LogP contribution in [0.25, 0.3) is 0 Å². The van der Waals surface area contributed by atoms with Gasteiger partial charge in [-0.3, -0.25) is 10.1 Å². The second kappa shape index (κ2) is 7.81. The molecule has 0 aliphatic carbocycles. The average molecular weight is 338 g/mol. The predicted octanol–water partition coefficient (Wildman–Crippen LogP) is 2.81. The molecule has 0 atom stereocenters. The van der Waals surface area contributed by atoms with Crippen LogP contribution in [0, 0.1) is 0 Å². The van der Waals surface area contributed by atoms with Crippen molar-refractivity contribution in [1.82, 2.24) is 10.2 Å². The minimum Gasteiger partial charge on any atom is -0.322 e. The van der Waals surface area contributed by atoms with Crippen LogP contribution in [-0.4, -0.2) is 22.6 Å². The molecule has 0 radical (unpaired) electrons. The molecular weight excluding hydrogens is 320 g/mol. The zero-order chi connectivity index (χ0) is 16.8. The quantitative estimate of drug-likeness (QED) is 0.724. The van der Waals surface area contributed by atoms with Crippen LogP contribution in [0.4, 0.5) is 5.13 Å². The van der Waals surface area contributed by atoms with Gasteiger partial charge in [-0.25, -0.2) is 0 Å². The van der Waals surface area contributed by atoms with E-state index in [4.69, 9.17) is 5.73 Å². The maximum absolute atomic E-state index is 11.4. The van der Waals surface area contributed by atoms with Gasteiger partial charge in [0.2, 0.25) is 11.0 Å². The number of anilines is 1. The number of nitrogens with two attached hydrogens (primary N) is 1. The summed E-state index contributed by atoms with van der Waals surface area (Å²) < 4.78 is 0. The first-order valence-electron chi connectivity index (χ1n) is 7.68. The molecule has 24 heavy (non-hydrogen) atoms. The monoisotopic (exact) mass is 338 g/mol. The van der Waals surface area contributed by atoms with E-state index in [9.17, 15) is 4.79 Å². The van der Waals surface area contributed by atoms with Gasteiger partial charge in [0.1, 0.15) is 5.01 Å². The van der Waals surface area contributed by atoms with E-state index in [0.29, 0.717) is 5.13 Å². The highest BCUT2D eigenvalue weighted by Gasteiger charge is 2.17. The second-order valence-electron chi connectivity index (χ2n) is 5.33. The van der Waals surface area contributed by atoms with E-state index in [-0.39, 0.29) is 18.4 Å². The number of carbonyl (C=O) groups is 1. The number of aromatic nitrogens is 2. The van der Waals surface area contributed by atoms with E-state index in [1.165, 1.54) is 22.5 Å². The molecule has 0 saturated carbocycles. The Hall–Kier alpha value is -2.57. The Labute approximate surface area is 144 Å². The molecule has 3 rings (SSSR count). The minimum atomic E-state index is -0.264. The number of hydrogen-bond acceptors (Lipinski definition) is 5. The largest absolute Gasteiger partial charge is 0.322 e. The van der Waals surface area contributed by atoms with E-state index in [1.54, 1.807) is 0 Å². The first kappa shape index (κ1) is 16.3. The van der Waals surface area contributed by atoms with Gasteiger partial charge in [-0.05, 0) is 11.1 Å². The molecule has 0 aliphatic rings. The van der Waals surface area contributed by atoms with Crippen LogP contribution in [0.3, 0.4) is 0 Å². The van der Waals surface area contributed by atoms with Crippen molar-refractivity contribution in [2.24, 2.45) is 5.73 Å². The van der Waals surface area contributed by atoms with E-state index >= 15 is 0 Å². The molecule has 0 bridgehead atoms. The third-order valence-electron chi connectivity index (χ3n) is 3.68. The zero-order valence-electron chi connectivity index (χ0n) is 13.1. The minimum absolute atomic E-state index is 0.0639. The van der Waals surface area contributed by atoms with Crippen molar-refractivity contribution in [2.75, 3.05) is 11.9 Å². The third-order valence-corrected chi connectivity index (χ3v) is 4.54. The van der Waals surface area contributed by atoms with Gasteiger partial charge in [-0.1, -0.05) is 72.0 Å². The van der Waals surface area contributed by atoms with Crippen LogP contribution < -0.4 is 11.1 Å². The first-order chi connectivity index (χ1) is 11.8. The number of nitrogens with one attached hydrogen (secondary N) is 1. The van der Waals surface area contributed by atoms with Gasteiger partial charge in [0.05, 0.1) is 6.54 Å². The van der Waals surface area contributed by atoms with Crippen molar-refractivity contribution < 1.29 is 4.79 Å². The van der Waals surface area contributed by atoms with Crippen LogP contribution in [-0.2, 0) is 11.2 Å². The lowest BCUT2D eigenvalue weighted by molar-refractivity contribution is -0.114. The maximum Gasteiger partial charge on any atom is 0.239 e. The van der Waals surface area contributed by atoms with Crippen LogP contribution in [0.1, 0.15) is 22.1 Å². The predicted molar refractivity (Wildman–Crippen MR) is 96.0 cm³/mol. The summed E-state index contributed by atoms with van der Waals surface area (Å²) in [5.74, 6) is -0.0706. The fourth-order valence-electron chi connectivity index (χ4n) is 2.53. The van der Waals surface area contributed by atoms with Crippen molar-refractivity contribution >= 4 is 22.4 Å². The molecule has 1 heterocycles. The van der Waals surface area contributed by atoms with Crippen molar-refractivity contribution in [3.05, 3.63) is 76.8 Å². The highest BCUT2D eigenvalue weighted by molar-refractivity contribution is 7.15. The van der Waals surface area contributed by atoms with Crippen LogP contribution in [0.15, 0.2) is 60.7 Å². The fraction of sp³-hybridized carbons (Fsp3) is 0.167. The summed E-state index contributed by atoms with van der Waals surface area (Å²) in [4.78, 5) is 11.4. The Morgan fingerprint density at radius 3 is 2.12 bits per heavy atom. The molecule has 0 saturated heterocycles. The number of rotatable bonds is 6. The van der Waals surface area contributed by atoms with Crippen LogP contribution >= 0.6 is 11.3 Å². The van der Waals surface area contributed by atoms with Gasteiger partial charge < -0.3 is 5.73 Å². The summed E-state index contributed by atoms with van der Waals surface area (Å²) in [5, 5.41) is 12.2. The van der Waals surface area contributed by atoms with E-state index in [0.717, 1.165) is 11.4 Å². The van der Waals surface area contributed by atoms with Crippen molar-refractivity contribution in [3.8, 4) is 0 Å². The van der Waals surface area contributed by atoms with E-state index in [1.807, 2.05) is 36.4 Å². The Kier molecular flexibility index (Phi) is 5.30. The molecule has 3 N–H and O–H groups in total. The molecular formula is C18H18N4OS. The highest BCUT2D eigenvalue weighted by atomic mass is 32.1. The Morgan fingerprint density at radius 2 is 1.58 bits per heavy atom.